The van der Waals surface area contributed by atoms with Crippen LogP contribution in [0.15, 0.2) is 18.2 Å². The molecule has 3 aliphatic rings. The normalized spacial score (nSPS) is 35.0. The van der Waals surface area contributed by atoms with Gasteiger partial charge in [-0.05, 0) is 0 Å². The quantitative estimate of drug-likeness (QED) is 0.273. The van der Waals surface area contributed by atoms with Gasteiger partial charge in [-0.1, -0.05) is 0 Å². The Labute approximate surface area is 138 Å². The number of rotatable bonds is 2. The summed E-state index contributed by atoms with van der Waals surface area (Å²) in [6.07, 6.45) is -2.94. The van der Waals surface area contributed by atoms with Crippen molar-refractivity contribution >= 4 is 32.4 Å². The standard InChI is InChI=1S/C12H17BN3O7P/c13-24(20)21-4-8-11(23-24)10(17)12(22-8)15-5-14-9-6(15)2-1-3-7(9)16(18)19/h1-3,8,10-12,14,17,20,24H,4-5,13H2/t8?,10-,11-,12+/m0/s1. The van der Waals surface area contributed by atoms with Crippen molar-refractivity contribution in [1.82, 2.24) is 0 Å². The summed E-state index contributed by atoms with van der Waals surface area (Å²) in [6.45, 7) is 0.399. The topological polar surface area (TPSA) is 127 Å². The van der Waals surface area contributed by atoms with Gasteiger partial charge in [0.15, 0.2) is 0 Å². The van der Waals surface area contributed by atoms with Crippen LogP contribution in [0.25, 0.3) is 0 Å². The molecule has 0 aromatic heterocycles. The van der Waals surface area contributed by atoms with Gasteiger partial charge in [0.2, 0.25) is 0 Å². The zero-order valence-electron chi connectivity index (χ0n) is 12.8. The number of aliphatic hydroxyl groups excluding tert-OH is 1. The van der Waals surface area contributed by atoms with Gasteiger partial charge in [-0.3, -0.25) is 0 Å². The predicted molar refractivity (Wildman–Crippen MR) is 88.6 cm³/mol. The van der Waals surface area contributed by atoms with Gasteiger partial charge in [0.05, 0.1) is 0 Å². The second-order valence-electron chi connectivity index (χ2n) is 6.08. The van der Waals surface area contributed by atoms with E-state index in [2.05, 4.69) is 5.32 Å². The number of nitro benzene ring substituents is 1. The first-order valence-corrected chi connectivity index (χ1v) is 9.79. The number of ether oxygens (including phenoxy) is 1. The summed E-state index contributed by atoms with van der Waals surface area (Å²) in [7, 11) is -1.76. The molecule has 4 rings (SSSR count). The van der Waals surface area contributed by atoms with Gasteiger partial charge < -0.3 is 0 Å². The molecule has 0 saturated carbocycles. The molecule has 24 heavy (non-hydrogen) atoms. The molecule has 0 spiro atoms. The van der Waals surface area contributed by atoms with E-state index >= 15 is 0 Å². The van der Waals surface area contributed by atoms with Crippen LogP contribution >= 0.6 is 7.82 Å². The van der Waals surface area contributed by atoms with E-state index in [1.165, 1.54) is 13.6 Å². The van der Waals surface area contributed by atoms with Crippen LogP contribution in [0.1, 0.15) is 0 Å². The molecule has 10 nitrogen and oxygen atoms in total. The van der Waals surface area contributed by atoms with E-state index in [0.717, 1.165) is 0 Å². The average Bonchev–Trinajstić information content (AvgIpc) is 3.08. The molecule has 0 amide bonds. The number of para-hydroxylation sites is 1. The van der Waals surface area contributed by atoms with Crippen molar-refractivity contribution in [1.29, 1.82) is 0 Å². The third-order valence-electron chi connectivity index (χ3n) is 4.44. The number of benzene rings is 1. The van der Waals surface area contributed by atoms with E-state index in [1.54, 1.807) is 17.0 Å². The van der Waals surface area contributed by atoms with Crippen LogP contribution < -0.4 is 10.2 Å². The van der Waals surface area contributed by atoms with Crippen LogP contribution in [0.4, 0.5) is 17.1 Å². The summed E-state index contributed by atoms with van der Waals surface area (Å²) in [5.41, 5.74) is 0.943. The fraction of sp³-hybridized carbons (Fsp3) is 0.500. The zero-order chi connectivity index (χ0) is 17.1. The molecular formula is C12H17BN3O7P. The second kappa shape index (κ2) is 5.52. The molecule has 130 valence electrons. The summed E-state index contributed by atoms with van der Waals surface area (Å²) in [4.78, 5) is 22.4. The number of hydrogen-bond acceptors (Lipinski definition) is 9. The first kappa shape index (κ1) is 16.0. The maximum absolute atomic E-state index is 11.1. The fourth-order valence-electron chi connectivity index (χ4n) is 3.36. The molecule has 3 heterocycles. The number of nitro groups is 1. The van der Waals surface area contributed by atoms with Gasteiger partial charge in [0.25, 0.3) is 0 Å². The Morgan fingerprint density at radius 3 is 3.04 bits per heavy atom. The van der Waals surface area contributed by atoms with Gasteiger partial charge in [0.1, 0.15) is 0 Å². The van der Waals surface area contributed by atoms with E-state index in [0.29, 0.717) is 11.4 Å². The Morgan fingerprint density at radius 2 is 2.29 bits per heavy atom. The predicted octanol–water partition coefficient (Wildman–Crippen LogP) is -0.679. The van der Waals surface area contributed by atoms with Crippen molar-refractivity contribution in [3.63, 3.8) is 0 Å². The molecule has 2 saturated heterocycles. The molecule has 2 fully saturated rings. The Bertz CT molecular complexity index is 693. The SMILES string of the molecule is B[PH]1(O)OCC2O[C@@H](N3CNc4c3cccc4[N+](=O)[O-])[C@@H](O)[C@H]2O1. The number of hydrogen-bond donors (Lipinski definition) is 3. The minimum atomic E-state index is -3.25. The summed E-state index contributed by atoms with van der Waals surface area (Å²) in [5, 5.41) is 24.7. The Balaban J connectivity index is 1.61. The van der Waals surface area contributed by atoms with Gasteiger partial charge >= 0.3 is 138 Å². The van der Waals surface area contributed by atoms with Crippen molar-refractivity contribution in [2.75, 3.05) is 23.5 Å². The maximum atomic E-state index is 11.1. The van der Waals surface area contributed by atoms with Crippen LogP contribution in [0.2, 0.25) is 0 Å². The average molecular weight is 357 g/mol. The van der Waals surface area contributed by atoms with Crippen molar-refractivity contribution < 1.29 is 28.7 Å². The Morgan fingerprint density at radius 1 is 1.50 bits per heavy atom. The van der Waals surface area contributed by atoms with E-state index in [4.69, 9.17) is 13.8 Å². The summed E-state index contributed by atoms with van der Waals surface area (Å²) < 4.78 is 16.6. The molecule has 4 atom stereocenters. The monoisotopic (exact) mass is 357 g/mol. The van der Waals surface area contributed by atoms with E-state index in [9.17, 15) is 20.1 Å². The molecule has 3 aliphatic heterocycles. The van der Waals surface area contributed by atoms with E-state index in [1.807, 2.05) is 0 Å². The van der Waals surface area contributed by atoms with Crippen LogP contribution in [0, 0.1) is 10.1 Å². The van der Waals surface area contributed by atoms with Gasteiger partial charge in [-0.25, -0.2) is 0 Å². The van der Waals surface area contributed by atoms with Gasteiger partial charge in [-0.15, -0.1) is 0 Å². The summed E-state index contributed by atoms with van der Waals surface area (Å²) in [5.74, 6) is 0. The van der Waals surface area contributed by atoms with Crippen molar-refractivity contribution in [2.45, 2.75) is 24.5 Å². The van der Waals surface area contributed by atoms with Crippen molar-refractivity contribution in [3.8, 4) is 0 Å². The molecule has 0 bridgehead atoms. The fourth-order valence-corrected chi connectivity index (χ4v) is 4.70. The molecule has 3 N–H and O–H groups in total. The number of fused-ring (bicyclic) bond motifs is 2. The number of nitrogens with zero attached hydrogens (tertiary/aromatic N) is 2. The van der Waals surface area contributed by atoms with Crippen molar-refractivity contribution in [2.24, 2.45) is 0 Å². The Kier molecular flexibility index (Phi) is 3.68. The number of anilines is 2. The number of nitrogens with one attached hydrogen (secondary N) is 1. The summed E-state index contributed by atoms with van der Waals surface area (Å²) in [6, 6.07) is 4.73. The number of aliphatic hydroxyl groups is 1. The molecule has 1 unspecified atom stereocenters. The van der Waals surface area contributed by atoms with Gasteiger partial charge in [-0.2, -0.15) is 0 Å². The molecular weight excluding hydrogens is 340 g/mol. The molecule has 1 aromatic carbocycles. The second-order valence-corrected chi connectivity index (χ2v) is 8.40. The summed E-state index contributed by atoms with van der Waals surface area (Å²) >= 11 is 0. The molecule has 0 aliphatic carbocycles. The van der Waals surface area contributed by atoms with Gasteiger partial charge in [0, 0.05) is 0 Å². The minimum absolute atomic E-state index is 0.0326. The molecule has 0 radical (unpaired) electrons. The zero-order valence-corrected chi connectivity index (χ0v) is 13.8. The first-order chi connectivity index (χ1) is 11.4. The third-order valence-corrected chi connectivity index (χ3v) is 5.85. The van der Waals surface area contributed by atoms with E-state index < -0.39 is 37.3 Å². The van der Waals surface area contributed by atoms with Crippen LogP contribution in [0.5, 0.6) is 0 Å². The van der Waals surface area contributed by atoms with E-state index in [-0.39, 0.29) is 19.0 Å². The van der Waals surface area contributed by atoms with Crippen LogP contribution in [-0.2, 0) is 13.8 Å². The Hall–Kier alpha value is -1.49. The van der Waals surface area contributed by atoms with Crippen LogP contribution in [0.3, 0.4) is 0 Å². The van der Waals surface area contributed by atoms with Crippen LogP contribution in [-0.4, -0.2) is 60.3 Å². The molecule has 12 heteroatoms. The first-order valence-electron chi connectivity index (χ1n) is 7.53. The molecule has 1 aromatic rings. The third kappa shape index (κ3) is 2.45. The van der Waals surface area contributed by atoms with Crippen molar-refractivity contribution in [3.05, 3.63) is 28.3 Å².